The Morgan fingerprint density at radius 2 is 1.69 bits per heavy atom. The van der Waals surface area contributed by atoms with Gasteiger partial charge in [0.15, 0.2) is 0 Å². The zero-order valence-corrected chi connectivity index (χ0v) is 15.5. The minimum Gasteiger partial charge on any atom is -0.494 e. The Balaban J connectivity index is 1.53. The number of hydrogen-bond acceptors (Lipinski definition) is 3. The zero-order chi connectivity index (χ0) is 18.2. The predicted octanol–water partition coefficient (Wildman–Crippen LogP) is 4.71. The SMILES string of the molecule is CCCOc1ccc(C(=O)Nc2ccc(CN3CCCCC3)cc2)cc1. The van der Waals surface area contributed by atoms with Crippen molar-refractivity contribution in [3.8, 4) is 5.75 Å². The Hall–Kier alpha value is -2.33. The first-order chi connectivity index (χ1) is 12.7. The fourth-order valence-corrected chi connectivity index (χ4v) is 3.19. The molecule has 0 bridgehead atoms. The van der Waals surface area contributed by atoms with E-state index in [0.29, 0.717) is 12.2 Å². The van der Waals surface area contributed by atoms with Crippen molar-refractivity contribution < 1.29 is 9.53 Å². The van der Waals surface area contributed by atoms with E-state index in [1.54, 1.807) is 12.1 Å². The van der Waals surface area contributed by atoms with Crippen LogP contribution in [0, 0.1) is 0 Å². The number of carbonyl (C=O) groups is 1. The van der Waals surface area contributed by atoms with Gasteiger partial charge < -0.3 is 10.1 Å². The molecule has 138 valence electrons. The van der Waals surface area contributed by atoms with Crippen LogP contribution in [0.25, 0.3) is 0 Å². The van der Waals surface area contributed by atoms with E-state index in [1.165, 1.54) is 37.9 Å². The van der Waals surface area contributed by atoms with E-state index in [4.69, 9.17) is 4.74 Å². The van der Waals surface area contributed by atoms with Crippen molar-refractivity contribution in [2.24, 2.45) is 0 Å². The molecule has 0 atom stereocenters. The quantitative estimate of drug-likeness (QED) is 0.784. The van der Waals surface area contributed by atoms with Crippen LogP contribution < -0.4 is 10.1 Å². The highest BCUT2D eigenvalue weighted by Crippen LogP contribution is 2.17. The third-order valence-corrected chi connectivity index (χ3v) is 4.66. The summed E-state index contributed by atoms with van der Waals surface area (Å²) in [7, 11) is 0. The highest BCUT2D eigenvalue weighted by Gasteiger charge is 2.11. The molecule has 3 rings (SSSR count). The molecule has 1 aliphatic rings. The Morgan fingerprint density at radius 1 is 1.00 bits per heavy atom. The van der Waals surface area contributed by atoms with Gasteiger partial charge >= 0.3 is 0 Å². The lowest BCUT2D eigenvalue weighted by Crippen LogP contribution is -2.29. The van der Waals surface area contributed by atoms with Crippen LogP contribution in [-0.4, -0.2) is 30.5 Å². The number of anilines is 1. The highest BCUT2D eigenvalue weighted by atomic mass is 16.5. The van der Waals surface area contributed by atoms with Gasteiger partial charge in [-0.1, -0.05) is 25.5 Å². The van der Waals surface area contributed by atoms with E-state index in [0.717, 1.165) is 24.4 Å². The van der Waals surface area contributed by atoms with Crippen LogP contribution in [0.3, 0.4) is 0 Å². The summed E-state index contributed by atoms with van der Waals surface area (Å²) in [6, 6.07) is 15.4. The molecule has 4 heteroatoms. The fourth-order valence-electron chi connectivity index (χ4n) is 3.19. The van der Waals surface area contributed by atoms with Crippen molar-refractivity contribution in [2.45, 2.75) is 39.2 Å². The van der Waals surface area contributed by atoms with Gasteiger partial charge in [0.2, 0.25) is 0 Å². The van der Waals surface area contributed by atoms with Gasteiger partial charge in [-0.05, 0) is 74.3 Å². The molecule has 2 aromatic rings. The topological polar surface area (TPSA) is 41.6 Å². The monoisotopic (exact) mass is 352 g/mol. The first-order valence-electron chi connectivity index (χ1n) is 9.60. The number of hydrogen-bond donors (Lipinski definition) is 1. The van der Waals surface area contributed by atoms with Gasteiger partial charge in [-0.2, -0.15) is 0 Å². The molecule has 1 fully saturated rings. The van der Waals surface area contributed by atoms with Crippen LogP contribution >= 0.6 is 0 Å². The maximum Gasteiger partial charge on any atom is 0.255 e. The lowest BCUT2D eigenvalue weighted by molar-refractivity contribution is 0.102. The third-order valence-electron chi connectivity index (χ3n) is 4.66. The number of likely N-dealkylation sites (tertiary alicyclic amines) is 1. The second-order valence-electron chi connectivity index (χ2n) is 6.86. The van der Waals surface area contributed by atoms with Gasteiger partial charge in [-0.25, -0.2) is 0 Å². The number of nitrogens with zero attached hydrogens (tertiary/aromatic N) is 1. The lowest BCUT2D eigenvalue weighted by atomic mass is 10.1. The maximum absolute atomic E-state index is 12.4. The summed E-state index contributed by atoms with van der Waals surface area (Å²) in [5.74, 6) is 0.696. The zero-order valence-electron chi connectivity index (χ0n) is 15.5. The molecule has 0 spiro atoms. The number of benzene rings is 2. The minimum atomic E-state index is -0.101. The molecule has 1 amide bonds. The summed E-state index contributed by atoms with van der Waals surface area (Å²) in [5.41, 5.74) is 2.75. The Labute approximate surface area is 156 Å². The predicted molar refractivity (Wildman–Crippen MR) is 106 cm³/mol. The van der Waals surface area contributed by atoms with Crippen LogP contribution in [-0.2, 0) is 6.54 Å². The molecule has 0 aliphatic carbocycles. The summed E-state index contributed by atoms with van der Waals surface area (Å²) in [6.07, 6.45) is 4.93. The normalized spacial score (nSPS) is 14.8. The van der Waals surface area contributed by atoms with Crippen molar-refractivity contribution in [3.05, 3.63) is 59.7 Å². The van der Waals surface area contributed by atoms with E-state index in [1.807, 2.05) is 24.3 Å². The van der Waals surface area contributed by atoms with Gasteiger partial charge in [0.25, 0.3) is 5.91 Å². The summed E-state index contributed by atoms with van der Waals surface area (Å²) in [5, 5.41) is 2.96. The number of nitrogens with one attached hydrogen (secondary N) is 1. The second kappa shape index (κ2) is 9.39. The molecule has 0 aromatic heterocycles. The highest BCUT2D eigenvalue weighted by molar-refractivity contribution is 6.04. The van der Waals surface area contributed by atoms with Gasteiger partial charge in [0.1, 0.15) is 5.75 Å². The largest absolute Gasteiger partial charge is 0.494 e. The average molecular weight is 352 g/mol. The summed E-state index contributed by atoms with van der Waals surface area (Å²) < 4.78 is 5.55. The van der Waals surface area contributed by atoms with E-state index < -0.39 is 0 Å². The van der Waals surface area contributed by atoms with Gasteiger partial charge in [0.05, 0.1) is 6.61 Å². The molecular formula is C22H28N2O2. The molecule has 1 aliphatic heterocycles. The van der Waals surface area contributed by atoms with Gasteiger partial charge in [-0.15, -0.1) is 0 Å². The Bertz CT molecular complexity index is 689. The van der Waals surface area contributed by atoms with Crippen LogP contribution in [0.4, 0.5) is 5.69 Å². The first-order valence-corrected chi connectivity index (χ1v) is 9.60. The molecule has 1 heterocycles. The van der Waals surface area contributed by atoms with E-state index in [-0.39, 0.29) is 5.91 Å². The summed E-state index contributed by atoms with van der Waals surface area (Å²) in [6.45, 7) is 6.13. The molecule has 0 radical (unpaired) electrons. The van der Waals surface area contributed by atoms with Crippen molar-refractivity contribution in [1.29, 1.82) is 0 Å². The van der Waals surface area contributed by atoms with E-state index in [9.17, 15) is 4.79 Å². The van der Waals surface area contributed by atoms with Crippen LogP contribution in [0.15, 0.2) is 48.5 Å². The van der Waals surface area contributed by atoms with Gasteiger partial charge in [-0.3, -0.25) is 9.69 Å². The average Bonchev–Trinajstić information content (AvgIpc) is 2.69. The molecular weight excluding hydrogens is 324 g/mol. The third kappa shape index (κ3) is 5.33. The number of amides is 1. The fraction of sp³-hybridized carbons (Fsp3) is 0.409. The Morgan fingerprint density at radius 3 is 2.35 bits per heavy atom. The first kappa shape index (κ1) is 18.5. The number of rotatable bonds is 7. The van der Waals surface area contributed by atoms with E-state index >= 15 is 0 Å². The number of piperidine rings is 1. The van der Waals surface area contributed by atoms with Crippen molar-refractivity contribution in [2.75, 3.05) is 25.0 Å². The Kier molecular flexibility index (Phi) is 6.67. The second-order valence-corrected chi connectivity index (χ2v) is 6.86. The molecule has 1 saturated heterocycles. The van der Waals surface area contributed by atoms with Crippen LogP contribution in [0.1, 0.15) is 48.5 Å². The molecule has 1 N–H and O–H groups in total. The molecule has 26 heavy (non-hydrogen) atoms. The standard InChI is InChI=1S/C22H28N2O2/c1-2-16-26-21-12-8-19(9-13-21)22(25)23-20-10-6-18(7-11-20)17-24-14-4-3-5-15-24/h6-13H,2-5,14-17H2,1H3,(H,23,25). The smallest absolute Gasteiger partial charge is 0.255 e. The number of carbonyl (C=O) groups excluding carboxylic acids is 1. The molecule has 0 saturated carbocycles. The molecule has 4 nitrogen and oxygen atoms in total. The molecule has 2 aromatic carbocycles. The maximum atomic E-state index is 12.4. The van der Waals surface area contributed by atoms with Gasteiger partial charge in [0, 0.05) is 17.8 Å². The van der Waals surface area contributed by atoms with Crippen LogP contribution in [0.5, 0.6) is 5.75 Å². The molecule has 0 unspecified atom stereocenters. The lowest BCUT2D eigenvalue weighted by Gasteiger charge is -2.26. The van der Waals surface area contributed by atoms with E-state index in [2.05, 4.69) is 29.3 Å². The van der Waals surface area contributed by atoms with Crippen molar-refractivity contribution in [3.63, 3.8) is 0 Å². The van der Waals surface area contributed by atoms with Crippen LogP contribution in [0.2, 0.25) is 0 Å². The summed E-state index contributed by atoms with van der Waals surface area (Å²) in [4.78, 5) is 14.9. The van der Waals surface area contributed by atoms with Crippen molar-refractivity contribution in [1.82, 2.24) is 4.90 Å². The van der Waals surface area contributed by atoms with Crippen molar-refractivity contribution >= 4 is 11.6 Å². The minimum absolute atomic E-state index is 0.101. The number of ether oxygens (including phenoxy) is 1. The summed E-state index contributed by atoms with van der Waals surface area (Å²) >= 11 is 0.